The summed E-state index contributed by atoms with van der Waals surface area (Å²) in [7, 11) is 3.27. The number of aromatic nitrogens is 1. The summed E-state index contributed by atoms with van der Waals surface area (Å²) < 4.78 is 19.2. The molecular weight excluding hydrogens is 526 g/mol. The molecule has 2 aromatic carbocycles. The van der Waals surface area contributed by atoms with Crippen LogP contribution in [0, 0.1) is 0 Å². The third kappa shape index (κ3) is 3.57. The predicted molar refractivity (Wildman–Crippen MR) is 125 cm³/mol. The van der Waals surface area contributed by atoms with Crippen LogP contribution in [0.1, 0.15) is 35.4 Å². The van der Waals surface area contributed by atoms with Gasteiger partial charge >= 0.3 is 0 Å². The number of nitrogens with zero attached hydrogens (tertiary/aromatic N) is 3. The van der Waals surface area contributed by atoms with Crippen molar-refractivity contribution in [3.8, 4) is 17.2 Å². The highest BCUT2D eigenvalue weighted by molar-refractivity contribution is 9.11. The highest BCUT2D eigenvalue weighted by Gasteiger charge is 2.42. The number of rotatable bonds is 4. The number of halogens is 2. The number of hydrogen-bond donors (Lipinski definition) is 0. The minimum Gasteiger partial charge on any atom is -0.493 e. The molecule has 0 bridgehead atoms. The monoisotopic (exact) mass is 543 g/mol. The number of methoxy groups -OCH3 is 2. The van der Waals surface area contributed by atoms with Gasteiger partial charge in [-0.2, -0.15) is 5.10 Å². The van der Waals surface area contributed by atoms with E-state index in [2.05, 4.69) is 42.9 Å². The Kier molecular flexibility index (Phi) is 5.35. The molecule has 0 aliphatic carbocycles. The van der Waals surface area contributed by atoms with Gasteiger partial charge in [0.05, 0.1) is 30.4 Å². The van der Waals surface area contributed by atoms with Gasteiger partial charge in [-0.25, -0.2) is 5.01 Å². The first-order chi connectivity index (χ1) is 15.1. The average molecular weight is 545 g/mol. The molecule has 1 aromatic heterocycles. The molecule has 8 heteroatoms. The maximum Gasteiger partial charge on any atom is 0.214 e. The molecule has 3 heterocycles. The van der Waals surface area contributed by atoms with Crippen LogP contribution in [-0.2, 0) is 0 Å². The largest absolute Gasteiger partial charge is 0.493 e. The Morgan fingerprint density at radius 1 is 1.00 bits per heavy atom. The fourth-order valence-electron chi connectivity index (χ4n) is 4.05. The normalized spacial score (nSPS) is 19.2. The van der Waals surface area contributed by atoms with Gasteiger partial charge in [0.2, 0.25) is 6.23 Å². The van der Waals surface area contributed by atoms with Crippen molar-refractivity contribution < 1.29 is 14.2 Å². The van der Waals surface area contributed by atoms with Crippen LogP contribution in [0.4, 0.5) is 0 Å². The van der Waals surface area contributed by atoms with E-state index in [9.17, 15) is 0 Å². The van der Waals surface area contributed by atoms with E-state index in [1.165, 1.54) is 0 Å². The molecule has 0 amide bonds. The van der Waals surface area contributed by atoms with Crippen LogP contribution >= 0.6 is 31.9 Å². The number of fused-ring (bicyclic) bond motifs is 3. The lowest BCUT2D eigenvalue weighted by molar-refractivity contribution is -0.0197. The van der Waals surface area contributed by atoms with Gasteiger partial charge in [-0.1, -0.05) is 15.9 Å². The molecule has 2 atom stereocenters. The van der Waals surface area contributed by atoms with Crippen molar-refractivity contribution in [3.05, 3.63) is 80.5 Å². The quantitative estimate of drug-likeness (QED) is 0.411. The summed E-state index contributed by atoms with van der Waals surface area (Å²) in [5, 5.41) is 7.05. The van der Waals surface area contributed by atoms with Gasteiger partial charge in [0.15, 0.2) is 11.5 Å². The van der Waals surface area contributed by atoms with Gasteiger partial charge in [0.1, 0.15) is 5.75 Å². The summed E-state index contributed by atoms with van der Waals surface area (Å²) in [5.41, 5.74) is 4.05. The van der Waals surface area contributed by atoms with Gasteiger partial charge in [-0.3, -0.25) is 4.98 Å². The molecule has 0 radical (unpaired) electrons. The lowest BCUT2D eigenvalue weighted by Crippen LogP contribution is -2.33. The first-order valence-electron chi connectivity index (χ1n) is 9.72. The fourth-order valence-corrected chi connectivity index (χ4v) is 5.40. The maximum atomic E-state index is 6.46. The van der Waals surface area contributed by atoms with Crippen molar-refractivity contribution in [2.45, 2.75) is 18.7 Å². The summed E-state index contributed by atoms with van der Waals surface area (Å²) in [6.45, 7) is 0. The van der Waals surface area contributed by atoms with Crippen LogP contribution in [0.25, 0.3) is 0 Å². The lowest BCUT2D eigenvalue weighted by Gasteiger charge is -2.38. The molecule has 2 aliphatic heterocycles. The number of pyridine rings is 1. The number of ether oxygens (including phenoxy) is 3. The van der Waals surface area contributed by atoms with Gasteiger partial charge in [-0.15, -0.1) is 0 Å². The zero-order valence-corrected chi connectivity index (χ0v) is 20.1. The van der Waals surface area contributed by atoms with Gasteiger partial charge in [0.25, 0.3) is 0 Å². The van der Waals surface area contributed by atoms with Crippen LogP contribution in [0.3, 0.4) is 0 Å². The second-order valence-electron chi connectivity index (χ2n) is 7.27. The van der Waals surface area contributed by atoms with Crippen molar-refractivity contribution in [2.75, 3.05) is 14.2 Å². The van der Waals surface area contributed by atoms with Crippen molar-refractivity contribution in [2.24, 2.45) is 5.10 Å². The van der Waals surface area contributed by atoms with Crippen LogP contribution in [0.2, 0.25) is 0 Å². The van der Waals surface area contributed by atoms with Gasteiger partial charge in [-0.05, 0) is 58.4 Å². The van der Waals surface area contributed by atoms with E-state index in [4.69, 9.17) is 19.3 Å². The molecular formula is C23H19Br2N3O3. The Labute approximate surface area is 197 Å². The predicted octanol–water partition coefficient (Wildman–Crippen LogP) is 5.87. The van der Waals surface area contributed by atoms with E-state index < -0.39 is 0 Å². The van der Waals surface area contributed by atoms with Crippen molar-refractivity contribution in [1.82, 2.24) is 9.99 Å². The minimum atomic E-state index is -0.351. The number of hydrazone groups is 1. The minimum absolute atomic E-state index is 0.0406. The summed E-state index contributed by atoms with van der Waals surface area (Å²) in [6, 6.07) is 14.0. The molecule has 6 nitrogen and oxygen atoms in total. The second-order valence-corrected chi connectivity index (χ2v) is 9.04. The summed E-state index contributed by atoms with van der Waals surface area (Å²) in [5.74, 6) is 2.22. The topological polar surface area (TPSA) is 56.2 Å². The molecule has 31 heavy (non-hydrogen) atoms. The van der Waals surface area contributed by atoms with E-state index in [0.717, 1.165) is 43.5 Å². The SMILES string of the molecule is COc1ccc(C2=NN3[C@H](C2)c2cc(Br)cc(Br)c2O[C@H]3c2ccncc2)cc1OC. The molecule has 158 valence electrons. The van der Waals surface area contributed by atoms with Gasteiger partial charge in [0, 0.05) is 40.0 Å². The number of hydrogen-bond acceptors (Lipinski definition) is 6. The first-order valence-corrected chi connectivity index (χ1v) is 11.3. The number of benzene rings is 2. The smallest absolute Gasteiger partial charge is 0.214 e. The van der Waals surface area contributed by atoms with Crippen molar-refractivity contribution >= 4 is 37.6 Å². The third-order valence-electron chi connectivity index (χ3n) is 5.52. The van der Waals surface area contributed by atoms with Crippen LogP contribution in [0.15, 0.2) is 68.9 Å². The highest BCUT2D eigenvalue weighted by atomic mass is 79.9. The molecule has 3 aromatic rings. The van der Waals surface area contributed by atoms with E-state index in [-0.39, 0.29) is 12.3 Å². The van der Waals surface area contributed by atoms with Crippen molar-refractivity contribution in [3.63, 3.8) is 0 Å². The molecule has 0 fully saturated rings. The zero-order chi connectivity index (χ0) is 21.5. The Hall–Kier alpha value is -2.58. The van der Waals surface area contributed by atoms with Crippen LogP contribution in [0.5, 0.6) is 17.2 Å². The Morgan fingerprint density at radius 3 is 2.52 bits per heavy atom. The van der Waals surface area contributed by atoms with E-state index in [0.29, 0.717) is 11.5 Å². The van der Waals surface area contributed by atoms with E-state index >= 15 is 0 Å². The molecule has 0 N–H and O–H groups in total. The average Bonchev–Trinajstić information content (AvgIpc) is 3.24. The molecule has 0 saturated heterocycles. The molecule has 0 unspecified atom stereocenters. The summed E-state index contributed by atoms with van der Waals surface area (Å²) in [6.07, 6.45) is 3.94. The second kappa shape index (κ2) is 8.16. The van der Waals surface area contributed by atoms with Crippen LogP contribution in [-0.4, -0.2) is 29.9 Å². The molecule has 2 aliphatic rings. The standard InChI is InChI=1S/C23H19Br2N3O3/c1-29-20-4-3-14(9-21(20)30-2)18-12-19-16-10-15(24)11-17(25)22(16)31-23(28(19)27-18)13-5-7-26-8-6-13/h3-11,19,23H,12H2,1-2H3/t19-,23+/m1/s1. The molecule has 5 rings (SSSR count). The lowest BCUT2D eigenvalue weighted by atomic mass is 9.96. The van der Waals surface area contributed by atoms with Crippen molar-refractivity contribution in [1.29, 1.82) is 0 Å². The van der Waals surface area contributed by atoms with Crippen LogP contribution < -0.4 is 14.2 Å². The Balaban J connectivity index is 1.61. The van der Waals surface area contributed by atoms with E-state index in [1.54, 1.807) is 26.6 Å². The van der Waals surface area contributed by atoms with E-state index in [1.807, 2.05) is 41.4 Å². The Bertz CT molecular complexity index is 1170. The summed E-state index contributed by atoms with van der Waals surface area (Å²) >= 11 is 7.28. The zero-order valence-electron chi connectivity index (χ0n) is 16.9. The Morgan fingerprint density at radius 2 is 1.77 bits per heavy atom. The third-order valence-corrected chi connectivity index (χ3v) is 6.56. The highest BCUT2D eigenvalue weighted by Crippen LogP contribution is 2.51. The fraction of sp³-hybridized carbons (Fsp3) is 0.217. The van der Waals surface area contributed by atoms with Gasteiger partial charge < -0.3 is 14.2 Å². The molecule has 0 spiro atoms. The summed E-state index contributed by atoms with van der Waals surface area (Å²) in [4.78, 5) is 4.15. The first kappa shape index (κ1) is 20.3. The molecule has 0 saturated carbocycles. The maximum absolute atomic E-state index is 6.46.